The van der Waals surface area contributed by atoms with Crippen LogP contribution in [0.4, 0.5) is 5.82 Å². The zero-order chi connectivity index (χ0) is 14.7. The largest absolute Gasteiger partial charge is 0.383 e. The quantitative estimate of drug-likeness (QED) is 0.792. The first-order chi connectivity index (χ1) is 10.2. The molecule has 0 amide bonds. The maximum absolute atomic E-state index is 6.06. The zero-order valence-electron chi connectivity index (χ0n) is 11.2. The Morgan fingerprint density at radius 3 is 2.62 bits per heavy atom. The molecular weight excluding hydrogens is 284 g/mol. The van der Waals surface area contributed by atoms with Gasteiger partial charge in [0, 0.05) is 23.9 Å². The van der Waals surface area contributed by atoms with Gasteiger partial charge in [-0.15, -0.1) is 0 Å². The lowest BCUT2D eigenvalue weighted by Gasteiger charge is -2.02. The molecule has 5 heteroatoms. The van der Waals surface area contributed by atoms with Gasteiger partial charge >= 0.3 is 0 Å². The number of rotatable bonds is 1. The molecule has 0 atom stereocenters. The molecule has 1 aromatic carbocycles. The molecule has 21 heavy (non-hydrogen) atoms. The highest BCUT2D eigenvalue weighted by Crippen LogP contribution is 2.18. The zero-order valence-corrected chi connectivity index (χ0v) is 12.0. The van der Waals surface area contributed by atoms with Crippen molar-refractivity contribution in [2.24, 2.45) is 4.99 Å². The lowest BCUT2D eigenvalue weighted by atomic mass is 10.1. The van der Waals surface area contributed by atoms with Crippen LogP contribution < -0.4 is 11.1 Å². The van der Waals surface area contributed by atoms with E-state index in [1.54, 1.807) is 12.3 Å². The molecule has 0 fully saturated rings. The first kappa shape index (κ1) is 13.5. The monoisotopic (exact) mass is 296 g/mol. The summed E-state index contributed by atoms with van der Waals surface area (Å²) in [6, 6.07) is 9.57. The van der Waals surface area contributed by atoms with Crippen LogP contribution in [-0.2, 0) is 0 Å². The number of pyridine rings is 1. The van der Waals surface area contributed by atoms with Crippen LogP contribution in [0.1, 0.15) is 16.7 Å². The molecule has 0 bridgehead atoms. The standard InChI is InChI=1S/C16H13ClN4/c17-14-7-8-19-15(18)13(14)6-3-11-1-4-12(5-2-11)16-20-9-10-21-16/h1-2,4-5,7-8H,9-10H2,(H2,18,19)(H,20,21). The number of benzene rings is 1. The van der Waals surface area contributed by atoms with Gasteiger partial charge in [0.25, 0.3) is 0 Å². The second-order valence-electron chi connectivity index (χ2n) is 4.54. The number of nitrogens with one attached hydrogen (secondary N) is 1. The van der Waals surface area contributed by atoms with Gasteiger partial charge in [-0.05, 0) is 18.2 Å². The molecule has 1 aromatic heterocycles. The Morgan fingerprint density at radius 1 is 1.14 bits per heavy atom. The van der Waals surface area contributed by atoms with Crippen molar-refractivity contribution >= 4 is 23.3 Å². The van der Waals surface area contributed by atoms with Gasteiger partial charge in [-0.2, -0.15) is 0 Å². The van der Waals surface area contributed by atoms with Gasteiger partial charge in [-0.25, -0.2) is 4.98 Å². The Kier molecular flexibility index (Phi) is 3.76. The van der Waals surface area contributed by atoms with Gasteiger partial charge in [0.1, 0.15) is 11.7 Å². The van der Waals surface area contributed by atoms with E-state index in [9.17, 15) is 0 Å². The SMILES string of the molecule is Nc1nccc(Cl)c1C#Cc1ccc(C2=NCCN2)cc1. The number of aliphatic imine (C=N–C) groups is 1. The summed E-state index contributed by atoms with van der Waals surface area (Å²) in [5, 5.41) is 3.75. The molecule has 3 rings (SSSR count). The predicted molar refractivity (Wildman–Crippen MR) is 85.5 cm³/mol. The van der Waals surface area contributed by atoms with E-state index in [1.165, 1.54) is 0 Å². The summed E-state index contributed by atoms with van der Waals surface area (Å²) in [7, 11) is 0. The highest BCUT2D eigenvalue weighted by Gasteiger charge is 2.07. The fourth-order valence-corrected chi connectivity index (χ4v) is 2.21. The average molecular weight is 297 g/mol. The summed E-state index contributed by atoms with van der Waals surface area (Å²) in [5.41, 5.74) is 8.28. The summed E-state index contributed by atoms with van der Waals surface area (Å²) < 4.78 is 0. The predicted octanol–water partition coefficient (Wildman–Crippen LogP) is 2.07. The highest BCUT2D eigenvalue weighted by atomic mass is 35.5. The van der Waals surface area contributed by atoms with E-state index >= 15 is 0 Å². The van der Waals surface area contributed by atoms with Gasteiger partial charge in [0.2, 0.25) is 0 Å². The van der Waals surface area contributed by atoms with Crippen molar-refractivity contribution in [2.45, 2.75) is 0 Å². The van der Waals surface area contributed by atoms with Crippen LogP contribution in [-0.4, -0.2) is 23.9 Å². The minimum absolute atomic E-state index is 0.344. The topological polar surface area (TPSA) is 63.3 Å². The third-order valence-corrected chi connectivity index (χ3v) is 3.41. The fourth-order valence-electron chi connectivity index (χ4n) is 2.01. The first-order valence-corrected chi connectivity index (χ1v) is 6.92. The van der Waals surface area contributed by atoms with Crippen LogP contribution in [0.25, 0.3) is 0 Å². The Labute approximate surface area is 128 Å². The lowest BCUT2D eigenvalue weighted by Crippen LogP contribution is -2.19. The number of hydrogen-bond acceptors (Lipinski definition) is 4. The number of amidine groups is 1. The number of hydrogen-bond donors (Lipinski definition) is 2. The van der Waals surface area contributed by atoms with Crippen LogP contribution >= 0.6 is 11.6 Å². The molecule has 2 heterocycles. The average Bonchev–Trinajstić information content (AvgIpc) is 3.02. The van der Waals surface area contributed by atoms with Gasteiger partial charge in [-0.1, -0.05) is 35.6 Å². The van der Waals surface area contributed by atoms with Crippen LogP contribution in [0.5, 0.6) is 0 Å². The smallest absolute Gasteiger partial charge is 0.140 e. The van der Waals surface area contributed by atoms with Crippen molar-refractivity contribution in [3.8, 4) is 11.8 Å². The number of anilines is 1. The van der Waals surface area contributed by atoms with E-state index in [1.807, 2.05) is 24.3 Å². The third kappa shape index (κ3) is 2.99. The van der Waals surface area contributed by atoms with Crippen molar-refractivity contribution in [1.82, 2.24) is 10.3 Å². The molecule has 0 unspecified atom stereocenters. The molecule has 0 radical (unpaired) electrons. The van der Waals surface area contributed by atoms with Gasteiger partial charge < -0.3 is 11.1 Å². The van der Waals surface area contributed by atoms with Crippen molar-refractivity contribution in [1.29, 1.82) is 0 Å². The molecule has 4 nitrogen and oxygen atoms in total. The van der Waals surface area contributed by atoms with Crippen molar-refractivity contribution in [3.63, 3.8) is 0 Å². The van der Waals surface area contributed by atoms with E-state index in [0.29, 0.717) is 16.4 Å². The molecule has 1 aliphatic rings. The minimum atomic E-state index is 0.344. The Balaban J connectivity index is 1.85. The van der Waals surface area contributed by atoms with Gasteiger partial charge in [0.15, 0.2) is 0 Å². The Hall–Kier alpha value is -2.51. The maximum Gasteiger partial charge on any atom is 0.140 e. The molecule has 0 saturated carbocycles. The van der Waals surface area contributed by atoms with Gasteiger partial charge in [0.05, 0.1) is 17.1 Å². The second kappa shape index (κ2) is 5.86. The first-order valence-electron chi connectivity index (χ1n) is 6.55. The van der Waals surface area contributed by atoms with Crippen molar-refractivity contribution in [2.75, 3.05) is 18.8 Å². The Bertz CT molecular complexity index is 734. The van der Waals surface area contributed by atoms with Gasteiger partial charge in [-0.3, -0.25) is 4.99 Å². The molecular formula is C16H13ClN4. The fraction of sp³-hybridized carbons (Fsp3) is 0.125. The van der Waals surface area contributed by atoms with Crippen LogP contribution in [0.3, 0.4) is 0 Å². The molecule has 3 N–H and O–H groups in total. The van der Waals surface area contributed by atoms with E-state index in [0.717, 1.165) is 30.1 Å². The molecule has 0 saturated heterocycles. The summed E-state index contributed by atoms with van der Waals surface area (Å²) in [6.07, 6.45) is 1.56. The minimum Gasteiger partial charge on any atom is -0.383 e. The van der Waals surface area contributed by atoms with E-state index in [-0.39, 0.29) is 0 Å². The van der Waals surface area contributed by atoms with Crippen LogP contribution in [0.2, 0.25) is 5.02 Å². The van der Waals surface area contributed by atoms with Crippen LogP contribution in [0, 0.1) is 11.8 Å². The molecule has 104 valence electrons. The molecule has 0 aliphatic carbocycles. The summed E-state index contributed by atoms with van der Waals surface area (Å²) in [6.45, 7) is 1.73. The van der Waals surface area contributed by atoms with Crippen molar-refractivity contribution < 1.29 is 0 Å². The molecule has 2 aromatic rings. The third-order valence-electron chi connectivity index (χ3n) is 3.09. The Morgan fingerprint density at radius 2 is 1.95 bits per heavy atom. The summed E-state index contributed by atoms with van der Waals surface area (Å²) in [4.78, 5) is 8.37. The number of halogens is 1. The van der Waals surface area contributed by atoms with Crippen molar-refractivity contribution in [3.05, 3.63) is 58.2 Å². The summed E-state index contributed by atoms with van der Waals surface area (Å²) >= 11 is 6.06. The number of nitrogens with zero attached hydrogens (tertiary/aromatic N) is 2. The normalized spacial score (nSPS) is 13.1. The number of nitrogens with two attached hydrogens (primary N) is 1. The van der Waals surface area contributed by atoms with Crippen LogP contribution in [0.15, 0.2) is 41.5 Å². The number of nitrogen functional groups attached to an aromatic ring is 1. The lowest BCUT2D eigenvalue weighted by molar-refractivity contribution is 0.960. The maximum atomic E-state index is 6.06. The number of aromatic nitrogens is 1. The molecule has 1 aliphatic heterocycles. The summed E-state index contributed by atoms with van der Waals surface area (Å²) in [5.74, 6) is 7.30. The second-order valence-corrected chi connectivity index (χ2v) is 4.94. The van der Waals surface area contributed by atoms with E-state index in [4.69, 9.17) is 17.3 Å². The van der Waals surface area contributed by atoms with E-state index in [2.05, 4.69) is 27.1 Å². The highest BCUT2D eigenvalue weighted by molar-refractivity contribution is 6.32. The molecule has 0 spiro atoms. The van der Waals surface area contributed by atoms with E-state index < -0.39 is 0 Å².